The van der Waals surface area contributed by atoms with E-state index >= 15 is 0 Å². The largest absolute Gasteiger partial charge is 0.352 e. The molecule has 2 aliphatic rings. The van der Waals surface area contributed by atoms with Crippen LogP contribution in [0.15, 0.2) is 29.4 Å². The molecule has 0 aliphatic carbocycles. The highest BCUT2D eigenvalue weighted by Gasteiger charge is 2.22. The third-order valence-electron chi connectivity index (χ3n) is 4.84. The van der Waals surface area contributed by atoms with Gasteiger partial charge in [-0.05, 0) is 38.3 Å². The summed E-state index contributed by atoms with van der Waals surface area (Å²) in [5, 5.41) is 7.07. The Labute approximate surface area is 152 Å². The van der Waals surface area contributed by atoms with E-state index in [-0.39, 0.29) is 23.7 Å². The van der Waals surface area contributed by atoms with Crippen LogP contribution in [0.4, 0.5) is 4.39 Å². The molecule has 140 valence electrons. The maximum atomic E-state index is 13.8. The molecule has 1 atom stereocenters. The number of hydrazone groups is 1. The molecule has 1 aromatic rings. The molecule has 2 N–H and O–H groups in total. The van der Waals surface area contributed by atoms with Crippen LogP contribution in [-0.4, -0.2) is 41.6 Å². The van der Waals surface area contributed by atoms with E-state index in [1.54, 1.807) is 12.1 Å². The van der Waals surface area contributed by atoms with Crippen molar-refractivity contribution in [2.24, 2.45) is 5.10 Å². The lowest BCUT2D eigenvalue weighted by Gasteiger charge is -2.33. The van der Waals surface area contributed by atoms with Crippen LogP contribution in [0.5, 0.6) is 0 Å². The number of halogens is 1. The van der Waals surface area contributed by atoms with Crippen LogP contribution in [-0.2, 0) is 16.1 Å². The zero-order chi connectivity index (χ0) is 18.4. The summed E-state index contributed by atoms with van der Waals surface area (Å²) in [6.07, 6.45) is 3.93. The van der Waals surface area contributed by atoms with Gasteiger partial charge in [0.2, 0.25) is 11.8 Å². The van der Waals surface area contributed by atoms with E-state index in [4.69, 9.17) is 0 Å². The van der Waals surface area contributed by atoms with Gasteiger partial charge in [0.1, 0.15) is 5.82 Å². The highest BCUT2D eigenvalue weighted by Crippen LogP contribution is 2.16. The standard InChI is InChI=1S/C19H25FN4O2/c20-17-6-2-1-4-14(17)12-24-11-3-5-16(13-24)21-18(25)9-7-15-8-10-19(26)23-22-15/h1-2,4,6,16H,3,5,7-13H2,(H,21,25)(H,23,26). The van der Waals surface area contributed by atoms with Gasteiger partial charge in [0.25, 0.3) is 0 Å². The van der Waals surface area contributed by atoms with E-state index < -0.39 is 0 Å². The fraction of sp³-hybridized carbons (Fsp3) is 0.526. The molecule has 0 bridgehead atoms. The predicted octanol–water partition coefficient (Wildman–Crippen LogP) is 1.95. The number of nitrogens with zero attached hydrogens (tertiary/aromatic N) is 2. The molecule has 0 spiro atoms. The monoisotopic (exact) mass is 360 g/mol. The first-order chi connectivity index (χ1) is 12.6. The number of rotatable bonds is 6. The summed E-state index contributed by atoms with van der Waals surface area (Å²) in [4.78, 5) is 25.5. The van der Waals surface area contributed by atoms with Crippen molar-refractivity contribution in [2.45, 2.75) is 51.1 Å². The highest BCUT2D eigenvalue weighted by atomic mass is 19.1. The van der Waals surface area contributed by atoms with E-state index in [0.717, 1.165) is 31.6 Å². The minimum absolute atomic E-state index is 0.00217. The molecule has 1 saturated heterocycles. The van der Waals surface area contributed by atoms with Gasteiger partial charge in [0.15, 0.2) is 0 Å². The SMILES string of the molecule is O=C1CCC(CCC(=O)NC2CCCN(Cc3ccccc3F)C2)=NN1. The summed E-state index contributed by atoms with van der Waals surface area (Å²) in [6, 6.07) is 6.92. The molecular weight excluding hydrogens is 335 g/mol. The first kappa shape index (κ1) is 18.5. The van der Waals surface area contributed by atoms with Crippen LogP contribution < -0.4 is 10.7 Å². The number of carbonyl (C=O) groups is 2. The molecule has 7 heteroatoms. The Hall–Kier alpha value is -2.28. The Morgan fingerprint density at radius 3 is 2.96 bits per heavy atom. The topological polar surface area (TPSA) is 73.8 Å². The van der Waals surface area contributed by atoms with Crippen LogP contribution in [0.2, 0.25) is 0 Å². The third kappa shape index (κ3) is 5.36. The molecule has 0 saturated carbocycles. The van der Waals surface area contributed by atoms with Gasteiger partial charge in [-0.1, -0.05) is 18.2 Å². The second kappa shape index (κ2) is 8.89. The van der Waals surface area contributed by atoms with Crippen LogP contribution >= 0.6 is 0 Å². The predicted molar refractivity (Wildman–Crippen MR) is 96.9 cm³/mol. The number of hydrogen-bond acceptors (Lipinski definition) is 4. The Balaban J connectivity index is 1.43. The summed E-state index contributed by atoms with van der Waals surface area (Å²) in [5.74, 6) is -0.253. The Morgan fingerprint density at radius 2 is 2.19 bits per heavy atom. The molecular formula is C19H25FN4O2. The van der Waals surface area contributed by atoms with Crippen molar-refractivity contribution in [2.75, 3.05) is 13.1 Å². The molecule has 0 radical (unpaired) electrons. The Kier molecular flexibility index (Phi) is 6.33. The van der Waals surface area contributed by atoms with E-state index in [9.17, 15) is 14.0 Å². The van der Waals surface area contributed by atoms with Gasteiger partial charge < -0.3 is 5.32 Å². The van der Waals surface area contributed by atoms with E-state index in [0.29, 0.717) is 37.8 Å². The van der Waals surface area contributed by atoms with E-state index in [1.165, 1.54) is 6.07 Å². The van der Waals surface area contributed by atoms with Crippen LogP contribution in [0, 0.1) is 5.82 Å². The molecule has 2 aliphatic heterocycles. The number of nitrogens with one attached hydrogen (secondary N) is 2. The Bertz CT molecular complexity index is 692. The van der Waals surface area contributed by atoms with Crippen molar-refractivity contribution in [3.8, 4) is 0 Å². The van der Waals surface area contributed by atoms with Gasteiger partial charge in [-0.3, -0.25) is 14.5 Å². The quantitative estimate of drug-likeness (QED) is 0.814. The molecule has 3 rings (SSSR count). The van der Waals surface area contributed by atoms with Gasteiger partial charge in [0.05, 0.1) is 0 Å². The number of likely N-dealkylation sites (tertiary alicyclic amines) is 1. The lowest BCUT2D eigenvalue weighted by molar-refractivity contribution is -0.122. The van der Waals surface area contributed by atoms with Crippen molar-refractivity contribution in [3.05, 3.63) is 35.6 Å². The highest BCUT2D eigenvalue weighted by molar-refractivity contribution is 5.94. The number of amides is 2. The fourth-order valence-corrected chi connectivity index (χ4v) is 3.43. The summed E-state index contributed by atoms with van der Waals surface area (Å²) in [7, 11) is 0. The lowest BCUT2D eigenvalue weighted by atomic mass is 10.0. The summed E-state index contributed by atoms with van der Waals surface area (Å²) < 4.78 is 13.8. The normalized spacial score (nSPS) is 21.0. The zero-order valence-corrected chi connectivity index (χ0v) is 14.8. The molecule has 1 unspecified atom stereocenters. The van der Waals surface area contributed by atoms with Gasteiger partial charge in [-0.15, -0.1) is 0 Å². The van der Waals surface area contributed by atoms with Crippen LogP contribution in [0.25, 0.3) is 0 Å². The van der Waals surface area contributed by atoms with Gasteiger partial charge in [-0.25, -0.2) is 9.82 Å². The van der Waals surface area contributed by atoms with Crippen molar-refractivity contribution in [1.29, 1.82) is 0 Å². The third-order valence-corrected chi connectivity index (χ3v) is 4.84. The van der Waals surface area contributed by atoms with Crippen molar-refractivity contribution >= 4 is 17.5 Å². The second-order valence-electron chi connectivity index (χ2n) is 6.95. The van der Waals surface area contributed by atoms with Crippen molar-refractivity contribution in [3.63, 3.8) is 0 Å². The number of carbonyl (C=O) groups excluding carboxylic acids is 2. The summed E-state index contributed by atoms with van der Waals surface area (Å²) in [6.45, 7) is 2.21. The minimum atomic E-state index is -0.181. The average Bonchev–Trinajstić information content (AvgIpc) is 2.63. The summed E-state index contributed by atoms with van der Waals surface area (Å²) >= 11 is 0. The van der Waals surface area contributed by atoms with E-state index in [2.05, 4.69) is 20.7 Å². The molecule has 1 fully saturated rings. The Morgan fingerprint density at radius 1 is 1.35 bits per heavy atom. The second-order valence-corrected chi connectivity index (χ2v) is 6.95. The maximum absolute atomic E-state index is 13.8. The van der Waals surface area contributed by atoms with Crippen LogP contribution in [0.3, 0.4) is 0 Å². The number of benzene rings is 1. The maximum Gasteiger partial charge on any atom is 0.240 e. The molecule has 2 amide bonds. The van der Waals surface area contributed by atoms with Crippen molar-refractivity contribution < 1.29 is 14.0 Å². The zero-order valence-electron chi connectivity index (χ0n) is 14.8. The smallest absolute Gasteiger partial charge is 0.240 e. The first-order valence-electron chi connectivity index (χ1n) is 9.19. The molecule has 2 heterocycles. The first-order valence-corrected chi connectivity index (χ1v) is 9.19. The fourth-order valence-electron chi connectivity index (χ4n) is 3.43. The van der Waals surface area contributed by atoms with Crippen LogP contribution in [0.1, 0.15) is 44.1 Å². The van der Waals surface area contributed by atoms with Crippen molar-refractivity contribution in [1.82, 2.24) is 15.6 Å². The molecule has 26 heavy (non-hydrogen) atoms. The van der Waals surface area contributed by atoms with E-state index in [1.807, 2.05) is 6.07 Å². The average molecular weight is 360 g/mol. The minimum Gasteiger partial charge on any atom is -0.352 e. The number of piperidine rings is 1. The van der Waals surface area contributed by atoms with Gasteiger partial charge >= 0.3 is 0 Å². The molecule has 6 nitrogen and oxygen atoms in total. The summed E-state index contributed by atoms with van der Waals surface area (Å²) in [5.41, 5.74) is 4.01. The molecule has 0 aromatic heterocycles. The van der Waals surface area contributed by atoms with Gasteiger partial charge in [0, 0.05) is 43.2 Å². The molecule has 1 aromatic carbocycles. The van der Waals surface area contributed by atoms with Gasteiger partial charge in [-0.2, -0.15) is 5.10 Å². The number of hydrogen-bond donors (Lipinski definition) is 2. The lowest BCUT2D eigenvalue weighted by Crippen LogP contribution is -2.47.